The van der Waals surface area contributed by atoms with Crippen LogP contribution in [-0.2, 0) is 14.3 Å². The first-order chi connectivity index (χ1) is 18.3. The molecule has 0 aliphatic carbocycles. The first-order valence-corrected chi connectivity index (χ1v) is 12.3. The highest BCUT2D eigenvalue weighted by molar-refractivity contribution is 6.50. The SMILES string of the molecule is COCCOc1cc(N)c(C(=N)C(=O)/C=C(\N)c2ccc(C(=O)N3CC(N4CCOCC4)C3)cc2)cc1F. The average molecular weight is 526 g/mol. The molecule has 38 heavy (non-hydrogen) atoms. The van der Waals surface area contributed by atoms with Crippen molar-refractivity contribution in [1.29, 1.82) is 5.41 Å². The summed E-state index contributed by atoms with van der Waals surface area (Å²) in [6.07, 6.45) is 1.09. The van der Waals surface area contributed by atoms with Crippen molar-refractivity contribution in [3.63, 3.8) is 0 Å². The van der Waals surface area contributed by atoms with E-state index in [9.17, 15) is 14.0 Å². The van der Waals surface area contributed by atoms with E-state index in [1.807, 2.05) is 0 Å². The predicted octanol–water partition coefficient (Wildman–Crippen LogP) is 1.53. The van der Waals surface area contributed by atoms with Crippen molar-refractivity contribution in [2.24, 2.45) is 5.73 Å². The number of anilines is 1. The number of ether oxygens (including phenoxy) is 3. The lowest BCUT2D eigenvalue weighted by Crippen LogP contribution is -2.62. The van der Waals surface area contributed by atoms with E-state index < -0.39 is 17.3 Å². The first-order valence-electron chi connectivity index (χ1n) is 12.3. The van der Waals surface area contributed by atoms with Crippen molar-refractivity contribution in [3.05, 3.63) is 65.0 Å². The van der Waals surface area contributed by atoms with Gasteiger partial charge in [0.2, 0.25) is 5.78 Å². The molecule has 2 aromatic rings. The zero-order valence-corrected chi connectivity index (χ0v) is 21.2. The number of allylic oxidation sites excluding steroid dienone is 1. The molecule has 0 radical (unpaired) electrons. The van der Waals surface area contributed by atoms with Gasteiger partial charge in [0, 0.05) is 74.0 Å². The molecule has 2 fully saturated rings. The number of hydrogen-bond donors (Lipinski definition) is 3. The molecule has 2 saturated heterocycles. The molecular weight excluding hydrogens is 493 g/mol. The Morgan fingerprint density at radius 2 is 1.79 bits per heavy atom. The van der Waals surface area contributed by atoms with Gasteiger partial charge in [-0.3, -0.25) is 19.9 Å². The molecule has 2 aromatic carbocycles. The summed E-state index contributed by atoms with van der Waals surface area (Å²) in [5, 5.41) is 8.21. The smallest absolute Gasteiger partial charge is 0.253 e. The Morgan fingerprint density at radius 3 is 2.45 bits per heavy atom. The monoisotopic (exact) mass is 525 g/mol. The molecule has 2 heterocycles. The van der Waals surface area contributed by atoms with Crippen LogP contribution in [0.5, 0.6) is 5.75 Å². The molecule has 0 aromatic heterocycles. The van der Waals surface area contributed by atoms with Gasteiger partial charge in [0.15, 0.2) is 11.6 Å². The Balaban J connectivity index is 1.36. The number of morpholine rings is 1. The van der Waals surface area contributed by atoms with Crippen LogP contribution in [0.4, 0.5) is 10.1 Å². The molecular formula is C27H32FN5O5. The molecule has 202 valence electrons. The van der Waals surface area contributed by atoms with Crippen molar-refractivity contribution in [2.75, 3.05) is 65.5 Å². The number of likely N-dealkylation sites (tertiary alicyclic amines) is 1. The molecule has 4 rings (SSSR count). The summed E-state index contributed by atoms with van der Waals surface area (Å²) in [6, 6.07) is 9.19. The van der Waals surface area contributed by atoms with E-state index in [2.05, 4.69) is 4.90 Å². The zero-order valence-electron chi connectivity index (χ0n) is 21.2. The Hall–Kier alpha value is -3.80. The number of benzene rings is 2. The second-order valence-electron chi connectivity index (χ2n) is 9.14. The van der Waals surface area contributed by atoms with Gasteiger partial charge in [-0.2, -0.15) is 0 Å². The highest BCUT2D eigenvalue weighted by atomic mass is 19.1. The summed E-state index contributed by atoms with van der Waals surface area (Å²) in [5.74, 6) is -1.65. The van der Waals surface area contributed by atoms with E-state index in [0.29, 0.717) is 30.3 Å². The number of amides is 1. The Kier molecular flexibility index (Phi) is 8.72. The lowest BCUT2D eigenvalue weighted by molar-refractivity contribution is -0.108. The Bertz CT molecular complexity index is 1220. The van der Waals surface area contributed by atoms with Gasteiger partial charge in [-0.1, -0.05) is 12.1 Å². The van der Waals surface area contributed by atoms with E-state index in [-0.39, 0.29) is 41.8 Å². The van der Waals surface area contributed by atoms with E-state index in [1.165, 1.54) is 13.2 Å². The van der Waals surface area contributed by atoms with Crippen molar-refractivity contribution in [3.8, 4) is 5.75 Å². The van der Waals surface area contributed by atoms with Crippen LogP contribution in [0.1, 0.15) is 21.5 Å². The molecule has 0 atom stereocenters. The second-order valence-corrected chi connectivity index (χ2v) is 9.14. The average Bonchev–Trinajstić information content (AvgIpc) is 2.90. The van der Waals surface area contributed by atoms with Crippen LogP contribution in [-0.4, -0.2) is 93.0 Å². The van der Waals surface area contributed by atoms with Crippen LogP contribution in [0.2, 0.25) is 0 Å². The highest BCUT2D eigenvalue weighted by Crippen LogP contribution is 2.25. The van der Waals surface area contributed by atoms with Gasteiger partial charge in [-0.15, -0.1) is 0 Å². The lowest BCUT2D eigenvalue weighted by Gasteiger charge is -2.46. The molecule has 2 aliphatic rings. The van der Waals surface area contributed by atoms with Gasteiger partial charge in [0.1, 0.15) is 12.3 Å². The fourth-order valence-electron chi connectivity index (χ4n) is 4.34. The van der Waals surface area contributed by atoms with Crippen LogP contribution >= 0.6 is 0 Å². The molecule has 0 spiro atoms. The number of hydrogen-bond acceptors (Lipinski definition) is 9. The van der Waals surface area contributed by atoms with Crippen molar-refractivity contribution >= 4 is 28.8 Å². The summed E-state index contributed by atoms with van der Waals surface area (Å²) < 4.78 is 29.9. The zero-order chi connectivity index (χ0) is 27.2. The van der Waals surface area contributed by atoms with Crippen LogP contribution in [0, 0.1) is 11.2 Å². The van der Waals surface area contributed by atoms with E-state index >= 15 is 0 Å². The normalized spacial score (nSPS) is 16.7. The van der Waals surface area contributed by atoms with Gasteiger partial charge in [-0.05, 0) is 23.8 Å². The topological polar surface area (TPSA) is 144 Å². The molecule has 0 saturated carbocycles. The third-order valence-electron chi connectivity index (χ3n) is 6.63. The summed E-state index contributed by atoms with van der Waals surface area (Å²) in [5.41, 5.74) is 12.6. The number of nitrogens with zero attached hydrogens (tertiary/aromatic N) is 2. The number of nitrogen functional groups attached to an aromatic ring is 1. The number of halogens is 1. The molecule has 5 N–H and O–H groups in total. The minimum Gasteiger partial charge on any atom is -0.488 e. The second kappa shape index (κ2) is 12.2. The number of methoxy groups -OCH3 is 1. The summed E-state index contributed by atoms with van der Waals surface area (Å²) in [6.45, 7) is 4.99. The number of ketones is 1. The van der Waals surface area contributed by atoms with Gasteiger partial charge >= 0.3 is 0 Å². The van der Waals surface area contributed by atoms with Crippen molar-refractivity contribution < 1.29 is 28.2 Å². The maximum atomic E-state index is 14.4. The van der Waals surface area contributed by atoms with Crippen molar-refractivity contribution in [1.82, 2.24) is 9.80 Å². The lowest BCUT2D eigenvalue weighted by atomic mass is 10.0. The van der Waals surface area contributed by atoms with Crippen LogP contribution in [0.15, 0.2) is 42.5 Å². The van der Waals surface area contributed by atoms with E-state index in [4.69, 9.17) is 31.1 Å². The van der Waals surface area contributed by atoms with Crippen LogP contribution in [0.25, 0.3) is 5.70 Å². The standard InChI is InChI=1S/C27H32FN5O5/c1-36-10-11-38-25-14-23(30)20(12-21(25)28)26(31)24(34)13-22(29)17-2-4-18(5-3-17)27(35)33-15-19(16-33)32-6-8-37-9-7-32/h2-5,12-14,19,31H,6-11,15-16,29-30H2,1H3/b22-13-,31-26?. The summed E-state index contributed by atoms with van der Waals surface area (Å²) in [7, 11) is 1.49. The largest absolute Gasteiger partial charge is 0.488 e. The predicted molar refractivity (Wildman–Crippen MR) is 141 cm³/mol. The molecule has 1 amide bonds. The quantitative estimate of drug-likeness (QED) is 0.183. The van der Waals surface area contributed by atoms with Crippen LogP contribution < -0.4 is 16.2 Å². The maximum absolute atomic E-state index is 14.4. The van der Waals surface area contributed by atoms with Gasteiger partial charge in [-0.25, -0.2) is 4.39 Å². The number of nitrogens with two attached hydrogens (primary N) is 2. The summed E-state index contributed by atoms with van der Waals surface area (Å²) >= 11 is 0. The molecule has 10 nitrogen and oxygen atoms in total. The maximum Gasteiger partial charge on any atom is 0.253 e. The fraction of sp³-hybridized carbons (Fsp3) is 0.370. The minimum absolute atomic E-state index is 0.0221. The molecule has 0 bridgehead atoms. The number of nitrogens with one attached hydrogen (secondary N) is 1. The molecule has 2 aliphatic heterocycles. The third-order valence-corrected chi connectivity index (χ3v) is 6.63. The Morgan fingerprint density at radius 1 is 1.13 bits per heavy atom. The number of carbonyl (C=O) groups is 2. The van der Waals surface area contributed by atoms with Gasteiger partial charge < -0.3 is 30.6 Å². The first kappa shape index (κ1) is 27.2. The fourth-order valence-corrected chi connectivity index (χ4v) is 4.34. The van der Waals surface area contributed by atoms with Crippen molar-refractivity contribution in [2.45, 2.75) is 6.04 Å². The summed E-state index contributed by atoms with van der Waals surface area (Å²) in [4.78, 5) is 29.6. The molecule has 0 unspecified atom stereocenters. The third kappa shape index (κ3) is 6.18. The van der Waals surface area contributed by atoms with E-state index in [0.717, 1.165) is 38.4 Å². The van der Waals surface area contributed by atoms with E-state index in [1.54, 1.807) is 29.2 Å². The molecule has 11 heteroatoms. The van der Waals surface area contributed by atoms with Crippen LogP contribution in [0.3, 0.4) is 0 Å². The van der Waals surface area contributed by atoms with Gasteiger partial charge in [0.25, 0.3) is 5.91 Å². The Labute approximate surface area is 220 Å². The number of carbonyl (C=O) groups excluding carboxylic acids is 2. The highest BCUT2D eigenvalue weighted by Gasteiger charge is 2.35. The minimum atomic E-state index is -0.751. The van der Waals surface area contributed by atoms with Gasteiger partial charge in [0.05, 0.1) is 19.8 Å². The number of rotatable bonds is 10.